The molecule has 12 heteroatoms. The SMILES string of the molecule is CC1CCC(Cn2c(C(C)CS(C)(=O)=O)nc3cc(C4NOC(=O)N4)nc(-c4cncc(Cl)c4)c32)CC1. The summed E-state index contributed by atoms with van der Waals surface area (Å²) in [5.74, 6) is 1.53. The lowest BCUT2D eigenvalue weighted by atomic mass is 9.83. The smallest absolute Gasteiger partial charge is 0.351 e. The van der Waals surface area contributed by atoms with Crippen LogP contribution in [0, 0.1) is 11.8 Å². The zero-order valence-electron chi connectivity index (χ0n) is 21.1. The second-order valence-electron chi connectivity index (χ2n) is 10.4. The Morgan fingerprint density at radius 1 is 1.19 bits per heavy atom. The Morgan fingerprint density at radius 2 is 1.95 bits per heavy atom. The van der Waals surface area contributed by atoms with Crippen molar-refractivity contribution in [1.82, 2.24) is 30.3 Å². The van der Waals surface area contributed by atoms with E-state index < -0.39 is 22.1 Å². The second kappa shape index (κ2) is 10.2. The van der Waals surface area contributed by atoms with Crippen LogP contribution < -0.4 is 10.8 Å². The molecule has 0 radical (unpaired) electrons. The molecule has 4 heterocycles. The van der Waals surface area contributed by atoms with Gasteiger partial charge in [0.05, 0.1) is 33.2 Å². The van der Waals surface area contributed by atoms with Gasteiger partial charge in [0.2, 0.25) is 0 Å². The van der Waals surface area contributed by atoms with Gasteiger partial charge in [-0.1, -0.05) is 38.3 Å². The molecule has 3 aromatic rings. The first kappa shape index (κ1) is 25.9. The fourth-order valence-electron chi connectivity index (χ4n) is 5.37. The summed E-state index contributed by atoms with van der Waals surface area (Å²) in [5.41, 5.74) is 5.91. The van der Waals surface area contributed by atoms with E-state index in [1.807, 2.05) is 6.92 Å². The largest absolute Gasteiger partial charge is 0.427 e. The van der Waals surface area contributed by atoms with Crippen LogP contribution in [0.4, 0.5) is 4.79 Å². The number of carbonyl (C=O) groups excluding carboxylic acids is 1. The van der Waals surface area contributed by atoms with Crippen LogP contribution in [0.5, 0.6) is 0 Å². The van der Waals surface area contributed by atoms with Crippen LogP contribution in [-0.4, -0.2) is 46.0 Å². The highest BCUT2D eigenvalue weighted by molar-refractivity contribution is 7.90. The van der Waals surface area contributed by atoms with E-state index in [0.717, 1.165) is 24.9 Å². The van der Waals surface area contributed by atoms with E-state index in [0.29, 0.717) is 45.2 Å². The Balaban J connectivity index is 1.70. The van der Waals surface area contributed by atoms with Crippen molar-refractivity contribution in [1.29, 1.82) is 0 Å². The van der Waals surface area contributed by atoms with Gasteiger partial charge in [-0.25, -0.2) is 23.2 Å². The van der Waals surface area contributed by atoms with E-state index >= 15 is 0 Å². The Labute approximate surface area is 221 Å². The van der Waals surface area contributed by atoms with Crippen molar-refractivity contribution in [3.8, 4) is 11.3 Å². The highest BCUT2D eigenvalue weighted by Crippen LogP contribution is 2.36. The van der Waals surface area contributed by atoms with Crippen molar-refractivity contribution < 1.29 is 18.0 Å². The summed E-state index contributed by atoms with van der Waals surface area (Å²) >= 11 is 6.30. The molecule has 0 aromatic carbocycles. The zero-order valence-corrected chi connectivity index (χ0v) is 22.6. The Hall–Kier alpha value is -2.76. The number of nitrogens with one attached hydrogen (secondary N) is 2. The quantitative estimate of drug-likeness (QED) is 0.447. The number of hydrogen-bond acceptors (Lipinski definition) is 8. The molecule has 0 bridgehead atoms. The van der Waals surface area contributed by atoms with Gasteiger partial charge in [0.1, 0.15) is 15.7 Å². The first-order chi connectivity index (χ1) is 17.6. The Kier molecular flexibility index (Phi) is 7.12. The third-order valence-corrected chi connectivity index (χ3v) is 8.46. The minimum atomic E-state index is -3.23. The molecule has 198 valence electrons. The molecular weight excluding hydrogens is 516 g/mol. The van der Waals surface area contributed by atoms with Gasteiger partial charge in [0.15, 0.2) is 6.17 Å². The zero-order chi connectivity index (χ0) is 26.3. The molecule has 3 aromatic heterocycles. The van der Waals surface area contributed by atoms with Crippen LogP contribution in [0.2, 0.25) is 5.02 Å². The summed E-state index contributed by atoms with van der Waals surface area (Å²) in [6.07, 6.45) is 7.79. The lowest BCUT2D eigenvalue weighted by Gasteiger charge is -2.28. The van der Waals surface area contributed by atoms with Crippen molar-refractivity contribution in [3.63, 3.8) is 0 Å². The molecule has 2 unspecified atom stereocenters. The van der Waals surface area contributed by atoms with Crippen molar-refractivity contribution >= 4 is 38.6 Å². The second-order valence-corrected chi connectivity index (χ2v) is 13.1. The first-order valence-corrected chi connectivity index (χ1v) is 14.9. The van der Waals surface area contributed by atoms with E-state index in [2.05, 4.69) is 27.3 Å². The third-order valence-electron chi connectivity index (χ3n) is 7.15. The number of imidazole rings is 1. The number of rotatable bonds is 7. The van der Waals surface area contributed by atoms with Gasteiger partial charge in [-0.05, 0) is 36.8 Å². The van der Waals surface area contributed by atoms with Gasteiger partial charge < -0.3 is 9.40 Å². The number of carbonyl (C=O) groups is 1. The van der Waals surface area contributed by atoms with E-state index in [-0.39, 0.29) is 11.7 Å². The minimum Gasteiger partial charge on any atom is -0.351 e. The molecule has 1 saturated heterocycles. The van der Waals surface area contributed by atoms with Crippen LogP contribution in [0.3, 0.4) is 0 Å². The van der Waals surface area contributed by atoms with Crippen molar-refractivity contribution in [2.45, 2.75) is 58.2 Å². The molecule has 2 N–H and O–H groups in total. The summed E-state index contributed by atoms with van der Waals surface area (Å²) < 4.78 is 26.6. The maximum atomic E-state index is 12.2. The summed E-state index contributed by atoms with van der Waals surface area (Å²) in [6.45, 7) is 4.90. The van der Waals surface area contributed by atoms with E-state index in [4.69, 9.17) is 26.4 Å². The monoisotopic (exact) mass is 546 g/mol. The molecule has 2 atom stereocenters. The molecule has 1 saturated carbocycles. The molecule has 10 nitrogen and oxygen atoms in total. The van der Waals surface area contributed by atoms with Crippen molar-refractivity contribution in [2.75, 3.05) is 12.0 Å². The number of pyridine rings is 2. The van der Waals surface area contributed by atoms with Gasteiger partial charge in [0, 0.05) is 36.7 Å². The number of sulfone groups is 1. The molecular formula is C25H31ClN6O4S. The highest BCUT2D eigenvalue weighted by atomic mass is 35.5. The maximum absolute atomic E-state index is 12.2. The van der Waals surface area contributed by atoms with Gasteiger partial charge in [-0.2, -0.15) is 0 Å². The van der Waals surface area contributed by atoms with Crippen LogP contribution in [0.25, 0.3) is 22.3 Å². The van der Waals surface area contributed by atoms with E-state index in [1.165, 1.54) is 19.1 Å². The predicted octanol–water partition coefficient (Wildman–Crippen LogP) is 4.36. The number of aromatic nitrogens is 4. The third kappa shape index (κ3) is 5.73. The summed E-state index contributed by atoms with van der Waals surface area (Å²) in [4.78, 5) is 30.7. The molecule has 1 aliphatic carbocycles. The first-order valence-electron chi connectivity index (χ1n) is 12.5. The van der Waals surface area contributed by atoms with Crippen molar-refractivity contribution in [2.24, 2.45) is 11.8 Å². The number of nitrogens with zero attached hydrogens (tertiary/aromatic N) is 4. The topological polar surface area (TPSA) is 128 Å². The Bertz CT molecular complexity index is 1430. The normalized spacial score (nSPS) is 23.1. The summed E-state index contributed by atoms with van der Waals surface area (Å²) in [5, 5.41) is 3.14. The number of hydroxylamine groups is 1. The molecule has 37 heavy (non-hydrogen) atoms. The van der Waals surface area contributed by atoms with Crippen molar-refractivity contribution in [3.05, 3.63) is 41.1 Å². The van der Waals surface area contributed by atoms with Crippen LogP contribution in [0.1, 0.15) is 63.1 Å². The molecule has 2 fully saturated rings. The lowest BCUT2D eigenvalue weighted by molar-refractivity contribution is 0.121. The molecule has 2 aliphatic rings. The fourth-order valence-corrected chi connectivity index (χ4v) is 6.60. The minimum absolute atomic E-state index is 0.0135. The lowest BCUT2D eigenvalue weighted by Crippen LogP contribution is -2.24. The molecule has 1 aliphatic heterocycles. The predicted molar refractivity (Wildman–Crippen MR) is 141 cm³/mol. The van der Waals surface area contributed by atoms with Gasteiger partial charge in [-0.15, -0.1) is 5.48 Å². The summed E-state index contributed by atoms with van der Waals surface area (Å²) in [6, 6.07) is 3.59. The maximum Gasteiger partial charge on any atom is 0.427 e. The highest BCUT2D eigenvalue weighted by Gasteiger charge is 2.30. The van der Waals surface area contributed by atoms with Crippen LogP contribution in [-0.2, 0) is 21.2 Å². The fraction of sp³-hybridized carbons (Fsp3) is 0.520. The van der Waals surface area contributed by atoms with E-state index in [1.54, 1.807) is 24.5 Å². The average molecular weight is 547 g/mol. The van der Waals surface area contributed by atoms with Crippen LogP contribution >= 0.6 is 11.6 Å². The van der Waals surface area contributed by atoms with Crippen LogP contribution in [0.15, 0.2) is 24.5 Å². The number of hydrogen-bond donors (Lipinski definition) is 2. The number of fused-ring (bicyclic) bond motifs is 1. The number of amides is 1. The van der Waals surface area contributed by atoms with Gasteiger partial charge in [0.25, 0.3) is 0 Å². The summed E-state index contributed by atoms with van der Waals surface area (Å²) in [7, 11) is -3.23. The standard InChI is InChI=1S/C25H31ClN6O4S/c1-14-4-6-16(7-5-14)12-32-22-19(29-24(32)15(2)13-37(3,34)35)9-20(23-30-25(33)36-31-23)28-21(22)17-8-18(26)11-27-10-17/h8-11,14-16,23,31H,4-7,12-13H2,1-3H3,(H,30,33). The van der Waals surface area contributed by atoms with E-state index in [9.17, 15) is 13.2 Å². The average Bonchev–Trinajstić information content (AvgIpc) is 3.43. The Morgan fingerprint density at radius 3 is 2.59 bits per heavy atom. The molecule has 1 amide bonds. The molecule has 0 spiro atoms. The van der Waals surface area contributed by atoms with Gasteiger partial charge >= 0.3 is 6.09 Å². The van der Waals surface area contributed by atoms with Gasteiger partial charge in [-0.3, -0.25) is 10.3 Å². The molecule has 5 rings (SSSR count). The number of halogens is 1.